The van der Waals surface area contributed by atoms with Crippen molar-refractivity contribution in [2.24, 2.45) is 0 Å². The van der Waals surface area contributed by atoms with Crippen LogP contribution in [0.4, 0.5) is 5.69 Å². The van der Waals surface area contributed by atoms with Crippen molar-refractivity contribution in [2.45, 2.75) is 13.3 Å². The summed E-state index contributed by atoms with van der Waals surface area (Å²) in [6.07, 6.45) is 0.144. The number of thiophene rings is 1. The Hall–Kier alpha value is -3.12. The van der Waals surface area contributed by atoms with E-state index < -0.39 is 0 Å². The van der Waals surface area contributed by atoms with Crippen LogP contribution in [0.1, 0.15) is 21.7 Å². The Morgan fingerprint density at radius 2 is 1.67 bits per heavy atom. The Labute approximate surface area is 161 Å². The highest BCUT2D eigenvalue weighted by molar-refractivity contribution is 7.12. The first-order valence-corrected chi connectivity index (χ1v) is 9.33. The second-order valence-corrected chi connectivity index (χ2v) is 6.79. The summed E-state index contributed by atoms with van der Waals surface area (Å²) in [5.74, 6) is 0.601. The minimum Gasteiger partial charge on any atom is -0.493 e. The number of rotatable bonds is 7. The normalized spacial score (nSPS) is 10.3. The molecule has 2 aromatic carbocycles. The molecule has 0 aliphatic heterocycles. The van der Waals surface area contributed by atoms with Crippen LogP contribution in [-0.4, -0.2) is 18.5 Å². The molecule has 0 saturated carbocycles. The van der Waals surface area contributed by atoms with Crippen molar-refractivity contribution in [3.8, 4) is 11.5 Å². The summed E-state index contributed by atoms with van der Waals surface area (Å²) in [5.41, 5.74) is 1.78. The Kier molecular flexibility index (Phi) is 6.22. The van der Waals surface area contributed by atoms with E-state index in [0.717, 1.165) is 11.3 Å². The van der Waals surface area contributed by atoms with Crippen LogP contribution in [-0.2, 0) is 4.79 Å². The van der Waals surface area contributed by atoms with Gasteiger partial charge in [-0.2, -0.15) is 0 Å². The molecule has 138 valence electrons. The van der Waals surface area contributed by atoms with Crippen LogP contribution in [0.15, 0.2) is 66.0 Å². The number of aryl methyl sites for hydroxylation is 1. The summed E-state index contributed by atoms with van der Waals surface area (Å²) < 4.78 is 10.8. The molecule has 0 atom stereocenters. The first-order chi connectivity index (χ1) is 13.1. The maximum absolute atomic E-state index is 12.0. The van der Waals surface area contributed by atoms with Crippen molar-refractivity contribution in [3.05, 3.63) is 76.5 Å². The lowest BCUT2D eigenvalue weighted by atomic mass is 10.2. The molecule has 0 saturated heterocycles. The molecule has 0 aliphatic carbocycles. The number of carbonyl (C=O) groups is 2. The van der Waals surface area contributed by atoms with Gasteiger partial charge in [-0.25, -0.2) is 0 Å². The maximum atomic E-state index is 12.0. The van der Waals surface area contributed by atoms with Gasteiger partial charge in [0.05, 0.1) is 17.9 Å². The van der Waals surface area contributed by atoms with Crippen LogP contribution in [0, 0.1) is 6.92 Å². The van der Waals surface area contributed by atoms with Gasteiger partial charge in [0.2, 0.25) is 0 Å². The van der Waals surface area contributed by atoms with E-state index in [4.69, 9.17) is 9.47 Å². The number of esters is 1. The van der Waals surface area contributed by atoms with E-state index in [9.17, 15) is 9.59 Å². The lowest BCUT2D eigenvalue weighted by molar-refractivity contribution is -0.134. The predicted octanol–water partition coefficient (Wildman–Crippen LogP) is 4.68. The summed E-state index contributed by atoms with van der Waals surface area (Å²) in [5, 5.41) is 4.64. The molecule has 27 heavy (non-hydrogen) atoms. The van der Waals surface area contributed by atoms with Crippen molar-refractivity contribution in [1.29, 1.82) is 0 Å². The van der Waals surface area contributed by atoms with Gasteiger partial charge in [-0.15, -0.1) is 11.3 Å². The Morgan fingerprint density at radius 3 is 2.33 bits per heavy atom. The van der Waals surface area contributed by atoms with Gasteiger partial charge in [0.1, 0.15) is 11.5 Å². The molecule has 1 aromatic heterocycles. The molecule has 0 aliphatic rings. The highest BCUT2D eigenvalue weighted by Crippen LogP contribution is 2.18. The molecule has 6 heteroatoms. The molecule has 0 bridgehead atoms. The zero-order chi connectivity index (χ0) is 19.1. The fourth-order valence-corrected chi connectivity index (χ4v) is 2.89. The average Bonchev–Trinajstić information content (AvgIpc) is 3.20. The van der Waals surface area contributed by atoms with Crippen molar-refractivity contribution >= 4 is 28.9 Å². The molecule has 3 aromatic rings. The summed E-state index contributed by atoms with van der Waals surface area (Å²) in [4.78, 5) is 24.5. The molecule has 0 fully saturated rings. The van der Waals surface area contributed by atoms with E-state index >= 15 is 0 Å². The molecule has 0 unspecified atom stereocenters. The molecule has 1 heterocycles. The lowest BCUT2D eigenvalue weighted by Gasteiger charge is -2.08. The number of hydrogen-bond acceptors (Lipinski definition) is 5. The third kappa shape index (κ3) is 5.69. The van der Waals surface area contributed by atoms with E-state index in [2.05, 4.69) is 5.32 Å². The van der Waals surface area contributed by atoms with Crippen LogP contribution in [0.25, 0.3) is 0 Å². The van der Waals surface area contributed by atoms with Crippen molar-refractivity contribution in [2.75, 3.05) is 11.9 Å². The highest BCUT2D eigenvalue weighted by Gasteiger charge is 2.08. The second kappa shape index (κ2) is 9.00. The van der Waals surface area contributed by atoms with Crippen molar-refractivity contribution < 1.29 is 19.1 Å². The Balaban J connectivity index is 1.44. The van der Waals surface area contributed by atoms with Gasteiger partial charge >= 0.3 is 5.97 Å². The molecular formula is C21H19NO4S. The zero-order valence-electron chi connectivity index (χ0n) is 14.8. The summed E-state index contributed by atoms with van der Waals surface area (Å²) in [7, 11) is 0. The van der Waals surface area contributed by atoms with Crippen molar-refractivity contribution in [3.63, 3.8) is 0 Å². The first-order valence-electron chi connectivity index (χ1n) is 8.45. The van der Waals surface area contributed by atoms with E-state index in [1.165, 1.54) is 11.3 Å². The molecule has 1 N–H and O–H groups in total. The zero-order valence-corrected chi connectivity index (χ0v) is 15.6. The van der Waals surface area contributed by atoms with Gasteiger partial charge in [0.25, 0.3) is 5.91 Å². The van der Waals surface area contributed by atoms with E-state index in [-0.39, 0.29) is 24.9 Å². The molecule has 5 nitrogen and oxygen atoms in total. The number of nitrogens with one attached hydrogen (secondary N) is 1. The van der Waals surface area contributed by atoms with Crippen LogP contribution >= 0.6 is 11.3 Å². The highest BCUT2D eigenvalue weighted by atomic mass is 32.1. The number of hydrogen-bond donors (Lipinski definition) is 1. The van der Waals surface area contributed by atoms with Gasteiger partial charge in [0.15, 0.2) is 0 Å². The molecular weight excluding hydrogens is 362 g/mol. The smallest absolute Gasteiger partial charge is 0.314 e. The number of anilines is 1. The summed E-state index contributed by atoms with van der Waals surface area (Å²) >= 11 is 1.38. The Morgan fingerprint density at radius 1 is 0.963 bits per heavy atom. The quantitative estimate of drug-likeness (QED) is 0.477. The van der Waals surface area contributed by atoms with Gasteiger partial charge < -0.3 is 14.8 Å². The van der Waals surface area contributed by atoms with Crippen LogP contribution in [0.3, 0.4) is 0 Å². The summed E-state index contributed by atoms with van der Waals surface area (Å²) in [6.45, 7) is 2.25. The van der Waals surface area contributed by atoms with Gasteiger partial charge in [0, 0.05) is 5.69 Å². The molecule has 0 radical (unpaired) electrons. The third-order valence-electron chi connectivity index (χ3n) is 3.68. The van der Waals surface area contributed by atoms with Crippen LogP contribution < -0.4 is 14.8 Å². The standard InChI is InChI=1S/C21H19NO4S/c1-15-4-8-17(9-5-15)25-13-12-20(23)26-18-10-6-16(7-11-18)22-21(24)19-3-2-14-27-19/h2-11,14H,12-13H2,1H3,(H,22,24). The number of amides is 1. The fraction of sp³-hybridized carbons (Fsp3) is 0.143. The monoisotopic (exact) mass is 381 g/mol. The Bertz CT molecular complexity index is 887. The van der Waals surface area contributed by atoms with E-state index in [1.54, 1.807) is 30.3 Å². The summed E-state index contributed by atoms with van der Waals surface area (Å²) in [6, 6.07) is 17.9. The van der Waals surface area contributed by atoms with Crippen molar-refractivity contribution in [1.82, 2.24) is 0 Å². The van der Waals surface area contributed by atoms with Gasteiger partial charge in [-0.1, -0.05) is 23.8 Å². The topological polar surface area (TPSA) is 64.6 Å². The number of carbonyl (C=O) groups excluding carboxylic acids is 2. The van der Waals surface area contributed by atoms with Crippen LogP contribution in [0.2, 0.25) is 0 Å². The molecule has 0 spiro atoms. The third-order valence-corrected chi connectivity index (χ3v) is 4.55. The second-order valence-electron chi connectivity index (χ2n) is 5.84. The minimum absolute atomic E-state index is 0.144. The number of ether oxygens (including phenoxy) is 2. The van der Waals surface area contributed by atoms with E-state index in [0.29, 0.717) is 16.3 Å². The molecule has 3 rings (SSSR count). The minimum atomic E-state index is -0.377. The predicted molar refractivity (Wildman–Crippen MR) is 106 cm³/mol. The van der Waals surface area contributed by atoms with Crippen LogP contribution in [0.5, 0.6) is 11.5 Å². The maximum Gasteiger partial charge on any atom is 0.314 e. The fourth-order valence-electron chi connectivity index (χ4n) is 2.28. The van der Waals surface area contributed by atoms with Gasteiger partial charge in [-0.05, 0) is 54.8 Å². The van der Waals surface area contributed by atoms with Gasteiger partial charge in [-0.3, -0.25) is 9.59 Å². The molecule has 1 amide bonds. The average molecular weight is 381 g/mol. The van der Waals surface area contributed by atoms with E-state index in [1.807, 2.05) is 42.6 Å². The number of benzene rings is 2. The lowest BCUT2D eigenvalue weighted by Crippen LogP contribution is -2.13. The SMILES string of the molecule is Cc1ccc(OCCC(=O)Oc2ccc(NC(=O)c3cccs3)cc2)cc1. The first kappa shape index (κ1) is 18.7. The largest absolute Gasteiger partial charge is 0.493 e.